The van der Waals surface area contributed by atoms with Gasteiger partial charge < -0.3 is 14.3 Å². The fraction of sp³-hybridized carbons (Fsp3) is 0.290. The van der Waals surface area contributed by atoms with Crippen LogP contribution in [-0.2, 0) is 11.2 Å². The van der Waals surface area contributed by atoms with E-state index in [1.165, 1.54) is 0 Å². The van der Waals surface area contributed by atoms with Gasteiger partial charge in [0.15, 0.2) is 11.9 Å². The van der Waals surface area contributed by atoms with E-state index in [9.17, 15) is 4.79 Å². The average Bonchev–Trinajstić information content (AvgIpc) is 3.30. The Morgan fingerprint density at radius 1 is 1.17 bits per heavy atom. The molecule has 1 heterocycles. The molecule has 1 N–H and O–H groups in total. The quantitative estimate of drug-likeness (QED) is 0.278. The van der Waals surface area contributed by atoms with E-state index >= 15 is 0 Å². The zero-order chi connectivity index (χ0) is 26.2. The second-order valence-corrected chi connectivity index (χ2v) is 9.09. The van der Waals surface area contributed by atoms with Crippen LogP contribution in [0.25, 0.3) is 17.0 Å². The Balaban J connectivity index is 1.83. The van der Waals surface area contributed by atoms with Crippen molar-refractivity contribution in [2.75, 3.05) is 0 Å². The highest BCUT2D eigenvalue weighted by Crippen LogP contribution is 2.33. The second kappa shape index (κ2) is 12.2. The minimum absolute atomic E-state index is 0.109. The third kappa shape index (κ3) is 6.63. The monoisotopic (exact) mass is 485 g/mol. The molecule has 0 saturated carbocycles. The Morgan fingerprint density at radius 2 is 1.89 bits per heavy atom. The molecule has 0 amide bonds. The Bertz CT molecular complexity index is 1260. The van der Waals surface area contributed by atoms with Crippen LogP contribution in [0.15, 0.2) is 77.8 Å². The summed E-state index contributed by atoms with van der Waals surface area (Å²) in [6.07, 6.45) is 8.11. The standard InChI is InChI=1S/C31H35NO4/c1-7-9-10-23(8-2)25-11-13-26(14-12-25)31-32-29(20(3)4)30(36-31)22(6)35-27-17-15-24(21(5)19-27)16-18-28(33)34/h7-15,17,19-20,22H,2,16,18H2,1,3-6H3,(H,33,34)/b9-7-,23-10+. The predicted octanol–water partition coefficient (Wildman–Crippen LogP) is 8.08. The first-order chi connectivity index (χ1) is 17.2. The summed E-state index contributed by atoms with van der Waals surface area (Å²) >= 11 is 0. The number of ether oxygens (including phenoxy) is 1. The van der Waals surface area contributed by atoms with E-state index < -0.39 is 5.97 Å². The van der Waals surface area contributed by atoms with Crippen LogP contribution in [-0.4, -0.2) is 16.1 Å². The number of oxazole rings is 1. The molecule has 0 aliphatic heterocycles. The molecule has 2 aromatic carbocycles. The van der Waals surface area contributed by atoms with E-state index in [2.05, 4.69) is 20.4 Å². The Morgan fingerprint density at radius 3 is 2.47 bits per heavy atom. The second-order valence-electron chi connectivity index (χ2n) is 9.09. The first-order valence-corrected chi connectivity index (χ1v) is 12.3. The summed E-state index contributed by atoms with van der Waals surface area (Å²) in [7, 11) is 0. The molecule has 0 aliphatic carbocycles. The maximum absolute atomic E-state index is 10.9. The molecular formula is C31H35NO4. The van der Waals surface area contributed by atoms with Gasteiger partial charge in [-0.15, -0.1) is 0 Å². The highest BCUT2D eigenvalue weighted by molar-refractivity contribution is 5.76. The van der Waals surface area contributed by atoms with Gasteiger partial charge in [0.2, 0.25) is 5.89 Å². The molecule has 3 rings (SSSR count). The van der Waals surface area contributed by atoms with Crippen molar-refractivity contribution in [3.05, 3.63) is 101 Å². The number of benzene rings is 2. The van der Waals surface area contributed by atoms with Crippen molar-refractivity contribution in [2.24, 2.45) is 0 Å². The zero-order valence-electron chi connectivity index (χ0n) is 21.7. The van der Waals surface area contributed by atoms with E-state index in [4.69, 9.17) is 19.2 Å². The smallest absolute Gasteiger partial charge is 0.303 e. The third-order valence-corrected chi connectivity index (χ3v) is 5.99. The fourth-order valence-corrected chi connectivity index (χ4v) is 3.98. The SMILES string of the molecule is C=C/C(=C\C=C/C)c1ccc(-c2nc(C(C)C)c(C(C)Oc3ccc(CCC(=O)O)c(C)c3)o2)cc1. The first-order valence-electron chi connectivity index (χ1n) is 12.3. The topological polar surface area (TPSA) is 72.6 Å². The van der Waals surface area contributed by atoms with Crippen molar-refractivity contribution in [3.8, 4) is 17.2 Å². The highest BCUT2D eigenvalue weighted by Gasteiger charge is 2.23. The maximum atomic E-state index is 10.9. The van der Waals surface area contributed by atoms with Gasteiger partial charge in [-0.2, -0.15) is 0 Å². The van der Waals surface area contributed by atoms with Crippen LogP contribution >= 0.6 is 0 Å². The first kappa shape index (κ1) is 26.7. The summed E-state index contributed by atoms with van der Waals surface area (Å²) in [6, 6.07) is 13.8. The van der Waals surface area contributed by atoms with Crippen LogP contribution < -0.4 is 4.74 Å². The number of rotatable bonds is 11. The van der Waals surface area contributed by atoms with Crippen LogP contribution in [0.4, 0.5) is 0 Å². The summed E-state index contributed by atoms with van der Waals surface area (Å²) in [6.45, 7) is 14.0. The highest BCUT2D eigenvalue weighted by atomic mass is 16.5. The van der Waals surface area contributed by atoms with Crippen molar-refractivity contribution < 1.29 is 19.1 Å². The molecule has 188 valence electrons. The predicted molar refractivity (Wildman–Crippen MR) is 145 cm³/mol. The summed E-state index contributed by atoms with van der Waals surface area (Å²) in [5.74, 6) is 1.34. The van der Waals surface area contributed by atoms with Gasteiger partial charge in [-0.1, -0.05) is 62.9 Å². The van der Waals surface area contributed by atoms with Gasteiger partial charge in [-0.05, 0) is 79.6 Å². The van der Waals surface area contributed by atoms with Crippen LogP contribution in [0, 0.1) is 6.92 Å². The van der Waals surface area contributed by atoms with E-state index in [0.717, 1.165) is 33.5 Å². The van der Waals surface area contributed by atoms with Gasteiger partial charge in [0, 0.05) is 12.0 Å². The number of carboxylic acids is 1. The molecule has 3 aromatic rings. The number of aromatic nitrogens is 1. The molecule has 0 spiro atoms. The van der Waals surface area contributed by atoms with Crippen LogP contribution in [0.1, 0.15) is 74.3 Å². The number of carboxylic acid groups (broad SMARTS) is 1. The lowest BCUT2D eigenvalue weighted by Crippen LogP contribution is -2.06. The number of nitrogens with zero attached hydrogens (tertiary/aromatic N) is 1. The Kier molecular flexibility index (Phi) is 9.07. The normalized spacial score (nSPS) is 12.8. The molecule has 0 aliphatic rings. The molecule has 0 fully saturated rings. The lowest BCUT2D eigenvalue weighted by atomic mass is 10.0. The number of carbonyl (C=O) groups is 1. The third-order valence-electron chi connectivity index (χ3n) is 5.99. The maximum Gasteiger partial charge on any atom is 0.303 e. The number of aryl methyl sites for hydroxylation is 2. The molecule has 0 bridgehead atoms. The van der Waals surface area contributed by atoms with Gasteiger partial charge in [-0.25, -0.2) is 4.98 Å². The largest absolute Gasteiger partial charge is 0.483 e. The summed E-state index contributed by atoms with van der Waals surface area (Å²) in [5.41, 5.74) is 5.89. The van der Waals surface area contributed by atoms with Crippen molar-refractivity contribution in [1.82, 2.24) is 4.98 Å². The zero-order valence-corrected chi connectivity index (χ0v) is 21.7. The number of allylic oxidation sites excluding steroid dienone is 5. The molecule has 0 radical (unpaired) electrons. The van der Waals surface area contributed by atoms with Gasteiger partial charge in [0.1, 0.15) is 5.75 Å². The molecule has 36 heavy (non-hydrogen) atoms. The minimum Gasteiger partial charge on any atom is -0.483 e. The lowest BCUT2D eigenvalue weighted by molar-refractivity contribution is -0.136. The molecular weight excluding hydrogens is 450 g/mol. The minimum atomic E-state index is -0.799. The summed E-state index contributed by atoms with van der Waals surface area (Å²) in [4.78, 5) is 15.7. The Hall–Kier alpha value is -3.86. The van der Waals surface area contributed by atoms with Crippen molar-refractivity contribution in [2.45, 2.75) is 59.5 Å². The van der Waals surface area contributed by atoms with Gasteiger partial charge >= 0.3 is 5.97 Å². The Labute approximate surface area is 213 Å². The molecule has 5 heteroatoms. The molecule has 5 nitrogen and oxygen atoms in total. The van der Waals surface area contributed by atoms with Gasteiger partial charge in [-0.3, -0.25) is 4.79 Å². The fourth-order valence-electron chi connectivity index (χ4n) is 3.98. The van der Waals surface area contributed by atoms with Crippen LogP contribution in [0.3, 0.4) is 0 Å². The molecule has 1 atom stereocenters. The van der Waals surface area contributed by atoms with Gasteiger partial charge in [0.05, 0.1) is 5.69 Å². The summed E-state index contributed by atoms with van der Waals surface area (Å²) < 4.78 is 12.5. The van der Waals surface area contributed by atoms with E-state index in [-0.39, 0.29) is 18.4 Å². The van der Waals surface area contributed by atoms with Crippen LogP contribution in [0.5, 0.6) is 5.75 Å². The molecule has 1 unspecified atom stereocenters. The molecule has 0 saturated heterocycles. The average molecular weight is 486 g/mol. The van der Waals surface area contributed by atoms with E-state index in [0.29, 0.717) is 23.8 Å². The lowest BCUT2D eigenvalue weighted by Gasteiger charge is -2.16. The number of aliphatic carboxylic acids is 1. The molecule has 1 aromatic heterocycles. The summed E-state index contributed by atoms with van der Waals surface area (Å²) in [5, 5.41) is 8.95. The van der Waals surface area contributed by atoms with Crippen molar-refractivity contribution in [3.63, 3.8) is 0 Å². The number of hydrogen-bond donors (Lipinski definition) is 1. The van der Waals surface area contributed by atoms with Crippen molar-refractivity contribution >= 4 is 11.5 Å². The number of hydrogen-bond acceptors (Lipinski definition) is 4. The van der Waals surface area contributed by atoms with Crippen LogP contribution in [0.2, 0.25) is 0 Å². The van der Waals surface area contributed by atoms with E-state index in [1.54, 1.807) is 0 Å². The van der Waals surface area contributed by atoms with Crippen molar-refractivity contribution in [1.29, 1.82) is 0 Å². The van der Waals surface area contributed by atoms with Gasteiger partial charge in [0.25, 0.3) is 0 Å². The van der Waals surface area contributed by atoms with E-state index in [1.807, 2.05) is 87.5 Å².